The number of pyridine rings is 1. The van der Waals surface area contributed by atoms with E-state index >= 15 is 0 Å². The summed E-state index contributed by atoms with van der Waals surface area (Å²) in [5.41, 5.74) is 6.67. The zero-order valence-corrected chi connectivity index (χ0v) is 51.0. The Morgan fingerprint density at radius 2 is 1.56 bits per heavy atom. The van der Waals surface area contributed by atoms with Gasteiger partial charge in [0.05, 0.1) is 38.5 Å². The van der Waals surface area contributed by atoms with Crippen LogP contribution in [0.15, 0.2) is 103 Å². The standard InChI is InChI=1S/C65H71F3N8O8S2/c1-36-44(45-27-28-52(71-54(45)61(82)84-64(6,7)8)75-30-29-39-13-11-15-46(47(39)34-75)58(79)74-62-70-48-16-9-10-18-51(48)86-62)14-12-17-50(36)83-43-25-19-38(20-26-43)31-53(78)72-57(63(3,4)5)60(81)76-33-42(77)32-49(76)59(80)73-56(65(66,67)68)41-23-21-40(22-24-41)55-37(2)69-35-85-55/h9-18,21-24,27-28,35,38,42-43,49,56-57,77H,19-20,25-26,29-34H2,1-8H3,(H,72,78)(H,73,80)(H,70,74,79)/t38?,42-,43?,49+,56+,57-/m1/s1. The maximum absolute atomic E-state index is 14.7. The molecule has 1 saturated heterocycles. The molecule has 21 heteroatoms. The number of likely N-dealkylation sites (tertiary alicyclic amines) is 1. The number of anilines is 2. The second kappa shape index (κ2) is 24.9. The molecule has 10 rings (SSSR count). The molecule has 86 heavy (non-hydrogen) atoms. The zero-order valence-electron chi connectivity index (χ0n) is 49.3. The van der Waals surface area contributed by atoms with Gasteiger partial charge >= 0.3 is 12.1 Å². The van der Waals surface area contributed by atoms with E-state index in [9.17, 15) is 42.3 Å². The third-order valence-electron chi connectivity index (χ3n) is 16.1. The number of rotatable bonds is 15. The lowest BCUT2D eigenvalue weighted by atomic mass is 9.83. The molecular formula is C65H71F3N8O8S2. The SMILES string of the molecule is Cc1ncsc1-c1ccc([C@H](NC(=O)[C@@H]2C[C@@H](O)CN2C(=O)[C@@H](NC(=O)CC2CCC(Oc3cccc(-c4ccc(N5CCc6cccc(C(=O)Nc7nc8ccccc8s7)c6C5)nc4C(=O)OC(C)(C)C)c3C)CC2)C(C)(C)C)C(F)(F)F)cc1. The molecule has 5 heterocycles. The van der Waals surface area contributed by atoms with Gasteiger partial charge in [0.15, 0.2) is 16.9 Å². The van der Waals surface area contributed by atoms with Gasteiger partial charge in [0, 0.05) is 43.6 Å². The van der Waals surface area contributed by atoms with Crippen LogP contribution in [0.5, 0.6) is 5.75 Å². The fourth-order valence-corrected chi connectivity index (χ4v) is 13.3. The number of ether oxygens (including phenoxy) is 2. The first-order chi connectivity index (χ1) is 40.8. The number of β-amino-alcohol motifs (C(OH)–C–C–N with tert-alkyl or cyclic N) is 1. The number of aryl methyl sites for hydroxylation is 1. The van der Waals surface area contributed by atoms with Gasteiger partial charge in [0.25, 0.3) is 5.91 Å². The number of hydrogen-bond donors (Lipinski definition) is 4. The summed E-state index contributed by atoms with van der Waals surface area (Å²) in [6.07, 6.45) is -3.24. The van der Waals surface area contributed by atoms with E-state index < -0.39 is 59.2 Å². The Hall–Kier alpha value is -7.75. The molecule has 452 valence electrons. The topological polar surface area (TPSA) is 205 Å². The van der Waals surface area contributed by atoms with Crippen LogP contribution < -0.4 is 25.6 Å². The van der Waals surface area contributed by atoms with Gasteiger partial charge in [0.2, 0.25) is 17.7 Å². The Labute approximate surface area is 505 Å². The van der Waals surface area contributed by atoms with Crippen LogP contribution in [-0.4, -0.2) is 104 Å². The van der Waals surface area contributed by atoms with Crippen molar-refractivity contribution >= 4 is 73.4 Å². The molecule has 16 nitrogen and oxygen atoms in total. The van der Waals surface area contributed by atoms with Gasteiger partial charge in [-0.05, 0) is 148 Å². The van der Waals surface area contributed by atoms with Gasteiger partial charge in [-0.15, -0.1) is 11.3 Å². The van der Waals surface area contributed by atoms with Crippen LogP contribution in [0, 0.1) is 25.2 Å². The van der Waals surface area contributed by atoms with Crippen LogP contribution in [0.4, 0.5) is 24.1 Å². The molecule has 0 radical (unpaired) electrons. The fraction of sp³-hybridized carbons (Fsp3) is 0.415. The van der Waals surface area contributed by atoms with Gasteiger partial charge in [-0.2, -0.15) is 13.2 Å². The highest BCUT2D eigenvalue weighted by atomic mass is 32.1. The minimum atomic E-state index is -4.89. The maximum atomic E-state index is 14.7. The zero-order chi connectivity index (χ0) is 61.4. The van der Waals surface area contributed by atoms with Crippen molar-refractivity contribution in [3.8, 4) is 27.3 Å². The smallest absolute Gasteiger partial charge is 0.412 e. The quantitative estimate of drug-likeness (QED) is 0.0708. The molecule has 4 atom stereocenters. The molecule has 2 aliphatic heterocycles. The second-order valence-electron chi connectivity index (χ2n) is 24.7. The number of para-hydroxylation sites is 1. The van der Waals surface area contributed by atoms with Gasteiger partial charge in [-0.3, -0.25) is 24.5 Å². The number of fused-ring (bicyclic) bond motifs is 2. The molecule has 3 aromatic heterocycles. The lowest BCUT2D eigenvalue weighted by Crippen LogP contribution is -2.58. The Kier molecular flexibility index (Phi) is 17.8. The van der Waals surface area contributed by atoms with Crippen molar-refractivity contribution in [2.45, 2.75) is 149 Å². The van der Waals surface area contributed by atoms with Crippen molar-refractivity contribution in [2.24, 2.45) is 11.3 Å². The van der Waals surface area contributed by atoms with E-state index in [4.69, 9.17) is 14.5 Å². The number of hydrogen-bond acceptors (Lipinski definition) is 14. The maximum Gasteiger partial charge on any atom is 0.412 e. The van der Waals surface area contributed by atoms with E-state index in [1.165, 1.54) is 34.8 Å². The Balaban J connectivity index is 0.777. The Morgan fingerprint density at radius 1 is 0.826 bits per heavy atom. The summed E-state index contributed by atoms with van der Waals surface area (Å²) in [5, 5.41) is 19.3. The summed E-state index contributed by atoms with van der Waals surface area (Å²) >= 11 is 2.77. The van der Waals surface area contributed by atoms with Crippen molar-refractivity contribution < 1.29 is 51.7 Å². The highest BCUT2D eigenvalue weighted by Crippen LogP contribution is 2.40. The average molecular weight is 1210 g/mol. The Morgan fingerprint density at radius 3 is 2.24 bits per heavy atom. The number of thiazole rings is 2. The molecule has 1 aliphatic carbocycles. The largest absolute Gasteiger partial charge is 0.490 e. The lowest BCUT2D eigenvalue weighted by molar-refractivity contribution is -0.165. The van der Waals surface area contributed by atoms with Crippen LogP contribution in [0.2, 0.25) is 0 Å². The van der Waals surface area contributed by atoms with E-state index in [0.29, 0.717) is 78.6 Å². The summed E-state index contributed by atoms with van der Waals surface area (Å²) in [5.74, 6) is -1.85. The number of benzene rings is 4. The van der Waals surface area contributed by atoms with Crippen LogP contribution in [0.25, 0.3) is 31.8 Å². The molecule has 0 spiro atoms. The lowest BCUT2D eigenvalue weighted by Gasteiger charge is -2.36. The number of alkyl halides is 3. The molecule has 3 aliphatic rings. The summed E-state index contributed by atoms with van der Waals surface area (Å²) in [4.78, 5) is 88.0. The Bertz CT molecular complexity index is 3650. The monoisotopic (exact) mass is 1210 g/mol. The number of halogens is 3. The van der Waals surface area contributed by atoms with Gasteiger partial charge in [0.1, 0.15) is 29.3 Å². The highest BCUT2D eigenvalue weighted by molar-refractivity contribution is 7.22. The average Bonchev–Trinajstić information content (AvgIpc) is 1.99. The number of esters is 1. The molecule has 4 aromatic carbocycles. The molecule has 0 unspecified atom stereocenters. The summed E-state index contributed by atoms with van der Waals surface area (Å²) in [6, 6.07) is 23.6. The van der Waals surface area contributed by atoms with Crippen molar-refractivity contribution in [3.63, 3.8) is 0 Å². The molecule has 4 amide bonds. The van der Waals surface area contributed by atoms with E-state index in [2.05, 4.69) is 30.8 Å². The first-order valence-electron chi connectivity index (χ1n) is 29.0. The molecule has 0 bridgehead atoms. The number of amides is 4. The van der Waals surface area contributed by atoms with Crippen LogP contribution in [0.1, 0.15) is 135 Å². The number of aromatic nitrogens is 3. The minimum Gasteiger partial charge on any atom is -0.490 e. The molecule has 2 fully saturated rings. The van der Waals surface area contributed by atoms with Crippen molar-refractivity contribution in [3.05, 3.63) is 142 Å². The number of carbonyl (C=O) groups is 5. The molecule has 4 N–H and O–H groups in total. The highest BCUT2D eigenvalue weighted by Gasteiger charge is 2.48. The number of aliphatic hydroxyl groups is 1. The molecule has 7 aromatic rings. The van der Waals surface area contributed by atoms with Crippen molar-refractivity contribution in [1.29, 1.82) is 0 Å². The van der Waals surface area contributed by atoms with Crippen molar-refractivity contribution in [2.75, 3.05) is 23.3 Å². The predicted octanol–water partition coefficient (Wildman–Crippen LogP) is 12.1. The number of aliphatic hydroxyl groups excluding tert-OH is 1. The number of carbonyl (C=O) groups excluding carboxylic acids is 5. The third-order valence-corrected chi connectivity index (χ3v) is 18.0. The summed E-state index contributed by atoms with van der Waals surface area (Å²) < 4.78 is 57.6. The van der Waals surface area contributed by atoms with Gasteiger partial charge in [-0.25, -0.2) is 19.7 Å². The molecule has 1 saturated carbocycles. The van der Waals surface area contributed by atoms with E-state index in [-0.39, 0.29) is 54.5 Å². The molecular weight excluding hydrogens is 1140 g/mol. The van der Waals surface area contributed by atoms with Crippen LogP contribution in [0.3, 0.4) is 0 Å². The first kappa shape index (κ1) is 61.3. The number of nitrogens with zero attached hydrogens (tertiary/aromatic N) is 5. The number of nitrogens with one attached hydrogen (secondary N) is 3. The summed E-state index contributed by atoms with van der Waals surface area (Å²) in [6.45, 7) is 15.1. The van der Waals surface area contributed by atoms with Crippen LogP contribution in [-0.2, 0) is 32.1 Å². The third kappa shape index (κ3) is 13.9. The van der Waals surface area contributed by atoms with E-state index in [1.54, 1.807) is 66.1 Å². The first-order valence-corrected chi connectivity index (χ1v) is 30.7. The van der Waals surface area contributed by atoms with Gasteiger partial charge < -0.3 is 35.0 Å². The normalized spacial score (nSPS) is 18.9. The van der Waals surface area contributed by atoms with Crippen molar-refractivity contribution in [1.82, 2.24) is 30.5 Å². The fourth-order valence-electron chi connectivity index (χ4n) is 11.7. The summed E-state index contributed by atoms with van der Waals surface area (Å²) in [7, 11) is 0. The second-order valence-corrected chi connectivity index (χ2v) is 26.5. The van der Waals surface area contributed by atoms with Crippen LogP contribution >= 0.6 is 22.7 Å². The van der Waals surface area contributed by atoms with E-state index in [0.717, 1.165) is 47.9 Å². The van der Waals surface area contributed by atoms with Gasteiger partial charge in [-0.1, -0.05) is 92.8 Å². The minimum absolute atomic E-state index is 0.0490. The predicted molar refractivity (Wildman–Crippen MR) is 326 cm³/mol. The van der Waals surface area contributed by atoms with E-state index in [1.807, 2.05) is 79.7 Å².